The summed E-state index contributed by atoms with van der Waals surface area (Å²) >= 11 is 3.36. The van der Waals surface area contributed by atoms with E-state index < -0.39 is 0 Å². The van der Waals surface area contributed by atoms with Crippen molar-refractivity contribution in [3.8, 4) is 0 Å². The van der Waals surface area contributed by atoms with Gasteiger partial charge in [0.2, 0.25) is 5.91 Å². The highest BCUT2D eigenvalue weighted by Crippen LogP contribution is 2.22. The van der Waals surface area contributed by atoms with E-state index >= 15 is 0 Å². The van der Waals surface area contributed by atoms with Crippen molar-refractivity contribution in [2.45, 2.75) is 39.2 Å². The Morgan fingerprint density at radius 1 is 1.20 bits per heavy atom. The molecule has 138 valence electrons. The van der Waals surface area contributed by atoms with E-state index in [4.69, 9.17) is 0 Å². The predicted molar refractivity (Wildman–Crippen MR) is 103 cm³/mol. The first-order valence-electron chi connectivity index (χ1n) is 9.37. The molecule has 0 radical (unpaired) electrons. The first-order valence-corrected chi connectivity index (χ1v) is 10.2. The Morgan fingerprint density at radius 2 is 1.96 bits per heavy atom. The van der Waals surface area contributed by atoms with Crippen LogP contribution in [0.25, 0.3) is 0 Å². The average Bonchev–Trinajstić information content (AvgIpc) is 2.60. The van der Waals surface area contributed by atoms with Gasteiger partial charge in [0.1, 0.15) is 6.54 Å². The van der Waals surface area contributed by atoms with Crippen LogP contribution in [0.3, 0.4) is 0 Å². The predicted octanol–water partition coefficient (Wildman–Crippen LogP) is 2.58. The highest BCUT2D eigenvalue weighted by molar-refractivity contribution is 9.10. The van der Waals surface area contributed by atoms with Crippen molar-refractivity contribution in [1.29, 1.82) is 0 Å². The van der Waals surface area contributed by atoms with Gasteiger partial charge >= 0.3 is 0 Å². The molecular weight excluding hydrogens is 382 g/mol. The maximum absolute atomic E-state index is 12.6. The molecule has 3 heterocycles. The Labute approximate surface area is 158 Å². The summed E-state index contributed by atoms with van der Waals surface area (Å²) in [5.74, 6) is 1.46. The van der Waals surface area contributed by atoms with Gasteiger partial charge in [-0.3, -0.25) is 9.59 Å². The quantitative estimate of drug-likeness (QED) is 0.767. The number of rotatable bonds is 4. The topological polar surface area (TPSA) is 45.5 Å². The Bertz CT molecular complexity index is 652. The second kappa shape index (κ2) is 8.49. The van der Waals surface area contributed by atoms with E-state index in [1.807, 2.05) is 4.90 Å². The van der Waals surface area contributed by atoms with Crippen LogP contribution in [0.2, 0.25) is 0 Å². The number of carbonyl (C=O) groups is 1. The van der Waals surface area contributed by atoms with Crippen LogP contribution < -0.4 is 5.56 Å². The number of pyridine rings is 1. The standard InChI is InChI=1S/C19H28BrN3O2/c1-15-6-9-21(10-7-15)11-16-3-2-8-22(12-16)19(25)14-23-13-17(20)4-5-18(23)24/h4-5,13,15-16H,2-3,6-12,14H2,1H3. The number of aromatic nitrogens is 1. The summed E-state index contributed by atoms with van der Waals surface area (Å²) in [4.78, 5) is 29.1. The largest absolute Gasteiger partial charge is 0.341 e. The van der Waals surface area contributed by atoms with Gasteiger partial charge in [-0.2, -0.15) is 0 Å². The monoisotopic (exact) mass is 409 g/mol. The van der Waals surface area contributed by atoms with Crippen LogP contribution in [0.4, 0.5) is 0 Å². The van der Waals surface area contributed by atoms with Crippen LogP contribution in [-0.4, -0.2) is 53.0 Å². The third-order valence-electron chi connectivity index (χ3n) is 5.52. The van der Waals surface area contributed by atoms with Crippen LogP contribution in [-0.2, 0) is 11.3 Å². The molecule has 0 N–H and O–H groups in total. The molecule has 2 fully saturated rings. The summed E-state index contributed by atoms with van der Waals surface area (Å²) in [5.41, 5.74) is -0.132. The number of amides is 1. The SMILES string of the molecule is CC1CCN(CC2CCCN(C(=O)Cn3cc(Br)ccc3=O)C2)CC1. The van der Waals surface area contributed by atoms with Gasteiger partial charge in [-0.1, -0.05) is 6.92 Å². The van der Waals surface area contributed by atoms with Gasteiger partial charge in [0.05, 0.1) is 0 Å². The zero-order valence-electron chi connectivity index (χ0n) is 15.0. The maximum Gasteiger partial charge on any atom is 0.251 e. The van der Waals surface area contributed by atoms with Crippen molar-refractivity contribution in [2.75, 3.05) is 32.7 Å². The molecule has 0 spiro atoms. The number of likely N-dealkylation sites (tertiary alicyclic amines) is 2. The molecule has 1 aromatic rings. The van der Waals surface area contributed by atoms with Gasteiger partial charge in [0.25, 0.3) is 5.56 Å². The highest BCUT2D eigenvalue weighted by atomic mass is 79.9. The Morgan fingerprint density at radius 3 is 2.72 bits per heavy atom. The molecule has 0 aliphatic carbocycles. The van der Waals surface area contributed by atoms with Crippen LogP contribution in [0, 0.1) is 11.8 Å². The van der Waals surface area contributed by atoms with Gasteiger partial charge in [-0.15, -0.1) is 0 Å². The first kappa shape index (κ1) is 18.6. The van der Waals surface area contributed by atoms with Crippen LogP contribution in [0.15, 0.2) is 27.6 Å². The first-order chi connectivity index (χ1) is 12.0. The van der Waals surface area contributed by atoms with E-state index in [1.54, 1.807) is 12.3 Å². The van der Waals surface area contributed by atoms with E-state index in [2.05, 4.69) is 27.8 Å². The highest BCUT2D eigenvalue weighted by Gasteiger charge is 2.26. The minimum Gasteiger partial charge on any atom is -0.341 e. The molecule has 1 aromatic heterocycles. The van der Waals surface area contributed by atoms with Crippen molar-refractivity contribution in [1.82, 2.24) is 14.4 Å². The lowest BCUT2D eigenvalue weighted by Gasteiger charge is -2.38. The number of halogens is 1. The summed E-state index contributed by atoms with van der Waals surface area (Å²) in [6.45, 7) is 7.60. The Kier molecular flexibility index (Phi) is 6.34. The lowest BCUT2D eigenvalue weighted by atomic mass is 9.94. The fourth-order valence-electron chi connectivity index (χ4n) is 3.92. The fraction of sp³-hybridized carbons (Fsp3) is 0.684. The van der Waals surface area contributed by atoms with Crippen LogP contribution in [0.5, 0.6) is 0 Å². The third kappa shape index (κ3) is 5.17. The van der Waals surface area contributed by atoms with Gasteiger partial charge in [0.15, 0.2) is 0 Å². The minimum absolute atomic E-state index is 0.0529. The second-order valence-corrected chi connectivity index (χ2v) is 8.56. The number of carbonyl (C=O) groups excluding carboxylic acids is 1. The molecule has 1 amide bonds. The number of hydrogen-bond donors (Lipinski definition) is 0. The summed E-state index contributed by atoms with van der Waals surface area (Å²) < 4.78 is 2.30. The smallest absolute Gasteiger partial charge is 0.251 e. The van der Waals surface area contributed by atoms with Crippen molar-refractivity contribution in [2.24, 2.45) is 11.8 Å². The molecule has 0 aromatic carbocycles. The lowest BCUT2D eigenvalue weighted by molar-refractivity contribution is -0.133. The van der Waals surface area contributed by atoms with E-state index in [0.29, 0.717) is 5.92 Å². The molecule has 5 nitrogen and oxygen atoms in total. The van der Waals surface area contributed by atoms with Crippen molar-refractivity contribution in [3.05, 3.63) is 33.2 Å². The molecule has 1 atom stereocenters. The molecule has 2 saturated heterocycles. The molecule has 25 heavy (non-hydrogen) atoms. The summed E-state index contributed by atoms with van der Waals surface area (Å²) in [6.07, 6.45) is 6.54. The maximum atomic E-state index is 12.6. The normalized spacial score (nSPS) is 23.0. The second-order valence-electron chi connectivity index (χ2n) is 7.64. The van der Waals surface area contributed by atoms with Crippen LogP contribution >= 0.6 is 15.9 Å². The average molecular weight is 410 g/mol. The number of hydrogen-bond acceptors (Lipinski definition) is 3. The van der Waals surface area contributed by atoms with Gasteiger partial charge < -0.3 is 14.4 Å². The Balaban J connectivity index is 1.54. The van der Waals surface area contributed by atoms with E-state index in [-0.39, 0.29) is 18.0 Å². The molecular formula is C19H28BrN3O2. The van der Waals surface area contributed by atoms with Crippen molar-refractivity contribution >= 4 is 21.8 Å². The van der Waals surface area contributed by atoms with Gasteiger partial charge in [-0.25, -0.2) is 0 Å². The van der Waals surface area contributed by atoms with Crippen LogP contribution in [0.1, 0.15) is 32.6 Å². The fourth-order valence-corrected chi connectivity index (χ4v) is 4.30. The van der Waals surface area contributed by atoms with Crippen molar-refractivity contribution in [3.63, 3.8) is 0 Å². The molecule has 0 bridgehead atoms. The lowest BCUT2D eigenvalue weighted by Crippen LogP contribution is -2.46. The minimum atomic E-state index is -0.132. The summed E-state index contributed by atoms with van der Waals surface area (Å²) in [5, 5.41) is 0. The molecule has 3 rings (SSSR count). The van der Waals surface area contributed by atoms with E-state index in [1.165, 1.54) is 43.0 Å². The molecule has 6 heteroatoms. The van der Waals surface area contributed by atoms with Crippen molar-refractivity contribution < 1.29 is 4.79 Å². The Hall–Kier alpha value is -1.14. The molecule has 2 aliphatic rings. The summed E-state index contributed by atoms with van der Waals surface area (Å²) in [6, 6.07) is 3.20. The number of nitrogens with zero attached hydrogens (tertiary/aromatic N) is 3. The van der Waals surface area contributed by atoms with E-state index in [0.717, 1.165) is 36.4 Å². The zero-order valence-corrected chi connectivity index (χ0v) is 16.6. The zero-order chi connectivity index (χ0) is 17.8. The molecule has 1 unspecified atom stereocenters. The van der Waals surface area contributed by atoms with Gasteiger partial charge in [0, 0.05) is 36.4 Å². The summed E-state index contributed by atoms with van der Waals surface area (Å²) in [7, 11) is 0. The van der Waals surface area contributed by atoms with Gasteiger partial charge in [-0.05, 0) is 72.6 Å². The molecule has 0 saturated carbocycles. The van der Waals surface area contributed by atoms with E-state index in [9.17, 15) is 9.59 Å². The number of piperidine rings is 2. The third-order valence-corrected chi connectivity index (χ3v) is 5.99. The molecule has 2 aliphatic heterocycles.